The van der Waals surface area contributed by atoms with Crippen molar-refractivity contribution in [2.45, 2.75) is 32.4 Å². The van der Waals surface area contributed by atoms with Gasteiger partial charge in [-0.3, -0.25) is 9.59 Å². The second-order valence-corrected chi connectivity index (χ2v) is 8.94. The van der Waals surface area contributed by atoms with E-state index in [0.29, 0.717) is 11.3 Å². The Morgan fingerprint density at radius 2 is 1.76 bits per heavy atom. The monoisotopic (exact) mass is 476 g/mol. The predicted molar refractivity (Wildman–Crippen MR) is 131 cm³/mol. The van der Waals surface area contributed by atoms with Crippen LogP contribution in [-0.2, 0) is 11.2 Å². The lowest BCUT2D eigenvalue weighted by atomic mass is 10.0. The quantitative estimate of drug-likeness (QED) is 0.390. The molecule has 174 valence electrons. The topological polar surface area (TPSA) is 76.0 Å². The highest BCUT2D eigenvalue weighted by atomic mass is 32.1. The van der Waals surface area contributed by atoms with Gasteiger partial charge in [0.1, 0.15) is 11.9 Å². The van der Waals surface area contributed by atoms with E-state index < -0.39 is 6.04 Å². The Morgan fingerprint density at radius 1 is 1.03 bits per heavy atom. The van der Waals surface area contributed by atoms with Crippen molar-refractivity contribution >= 4 is 23.2 Å². The van der Waals surface area contributed by atoms with Crippen LogP contribution < -0.4 is 10.6 Å². The molecule has 4 rings (SSSR count). The van der Waals surface area contributed by atoms with Crippen molar-refractivity contribution in [3.8, 4) is 5.69 Å². The Bertz CT molecular complexity index is 1250. The van der Waals surface area contributed by atoms with E-state index in [2.05, 4.69) is 15.7 Å². The Balaban J connectivity index is 1.51. The molecule has 0 aliphatic carbocycles. The summed E-state index contributed by atoms with van der Waals surface area (Å²) in [7, 11) is 0. The van der Waals surface area contributed by atoms with Crippen molar-refractivity contribution in [3.63, 3.8) is 0 Å². The largest absolute Gasteiger partial charge is 0.348 e. The fourth-order valence-electron chi connectivity index (χ4n) is 3.78. The third kappa shape index (κ3) is 5.40. The molecule has 0 aliphatic rings. The van der Waals surface area contributed by atoms with Crippen LogP contribution in [0.5, 0.6) is 0 Å². The molecule has 0 fully saturated rings. The molecule has 2 amide bonds. The van der Waals surface area contributed by atoms with E-state index in [9.17, 15) is 14.0 Å². The van der Waals surface area contributed by atoms with Gasteiger partial charge < -0.3 is 10.6 Å². The SMILES string of the molecule is Cc1c(C(C)NC(=O)C(Cc2ccccc2)NC(=O)c2cccs2)cnn1-c1ccc(F)cc1. The summed E-state index contributed by atoms with van der Waals surface area (Å²) >= 11 is 1.33. The lowest BCUT2D eigenvalue weighted by Gasteiger charge is -2.21. The van der Waals surface area contributed by atoms with Crippen molar-refractivity contribution < 1.29 is 14.0 Å². The Kier molecular flexibility index (Phi) is 7.18. The summed E-state index contributed by atoms with van der Waals surface area (Å²) in [6.07, 6.45) is 2.06. The Labute approximate surface area is 201 Å². The normalized spacial score (nSPS) is 12.7. The number of aromatic nitrogens is 2. The van der Waals surface area contributed by atoms with Crippen molar-refractivity contribution in [2.24, 2.45) is 0 Å². The zero-order valence-corrected chi connectivity index (χ0v) is 19.7. The summed E-state index contributed by atoms with van der Waals surface area (Å²) in [5.41, 5.74) is 3.35. The summed E-state index contributed by atoms with van der Waals surface area (Å²) in [4.78, 5) is 26.5. The minimum Gasteiger partial charge on any atom is -0.348 e. The van der Waals surface area contributed by atoms with Crippen LogP contribution in [0.25, 0.3) is 5.69 Å². The van der Waals surface area contributed by atoms with Gasteiger partial charge >= 0.3 is 0 Å². The van der Waals surface area contributed by atoms with Gasteiger partial charge in [0.15, 0.2) is 0 Å². The summed E-state index contributed by atoms with van der Waals surface area (Å²) in [6.45, 7) is 3.77. The van der Waals surface area contributed by atoms with Crippen LogP contribution in [0.4, 0.5) is 4.39 Å². The maximum atomic E-state index is 13.3. The van der Waals surface area contributed by atoms with Gasteiger partial charge in [0.25, 0.3) is 5.91 Å². The first-order valence-electron chi connectivity index (χ1n) is 10.9. The molecule has 8 heteroatoms. The highest BCUT2D eigenvalue weighted by Crippen LogP contribution is 2.21. The molecule has 2 aromatic carbocycles. The summed E-state index contributed by atoms with van der Waals surface area (Å²) < 4.78 is 15.0. The van der Waals surface area contributed by atoms with Gasteiger partial charge in [0.2, 0.25) is 5.91 Å². The fourth-order valence-corrected chi connectivity index (χ4v) is 4.40. The molecule has 34 heavy (non-hydrogen) atoms. The summed E-state index contributed by atoms with van der Waals surface area (Å²) in [5, 5.41) is 12.1. The van der Waals surface area contributed by atoms with Crippen LogP contribution >= 0.6 is 11.3 Å². The number of hydrogen-bond donors (Lipinski definition) is 2. The van der Waals surface area contributed by atoms with E-state index in [4.69, 9.17) is 0 Å². The smallest absolute Gasteiger partial charge is 0.262 e. The molecule has 0 bridgehead atoms. The molecule has 4 aromatic rings. The predicted octanol–water partition coefficient (Wildman–Crippen LogP) is 4.60. The van der Waals surface area contributed by atoms with E-state index in [0.717, 1.165) is 22.5 Å². The Morgan fingerprint density at radius 3 is 2.44 bits per heavy atom. The van der Waals surface area contributed by atoms with E-state index in [1.165, 1.54) is 23.5 Å². The van der Waals surface area contributed by atoms with Crippen molar-refractivity contribution in [1.82, 2.24) is 20.4 Å². The average Bonchev–Trinajstić information content (AvgIpc) is 3.50. The lowest BCUT2D eigenvalue weighted by molar-refractivity contribution is -0.123. The number of thiophene rings is 1. The molecule has 2 N–H and O–H groups in total. The number of rotatable bonds is 8. The number of amides is 2. The van der Waals surface area contributed by atoms with Gasteiger partial charge in [0, 0.05) is 17.7 Å². The number of hydrogen-bond acceptors (Lipinski definition) is 4. The van der Waals surface area contributed by atoms with Crippen molar-refractivity contribution in [3.05, 3.63) is 106 Å². The second-order valence-electron chi connectivity index (χ2n) is 8.00. The fraction of sp³-hybridized carbons (Fsp3) is 0.192. The molecule has 0 saturated heterocycles. The van der Waals surface area contributed by atoms with E-state index in [1.54, 1.807) is 35.1 Å². The highest BCUT2D eigenvalue weighted by molar-refractivity contribution is 7.12. The number of carbonyl (C=O) groups excluding carboxylic acids is 2. The Hall–Kier alpha value is -3.78. The third-order valence-electron chi connectivity index (χ3n) is 5.59. The zero-order valence-electron chi connectivity index (χ0n) is 18.9. The lowest BCUT2D eigenvalue weighted by Crippen LogP contribution is -2.48. The molecule has 6 nitrogen and oxygen atoms in total. The molecule has 2 atom stereocenters. The second kappa shape index (κ2) is 10.4. The first kappa shape index (κ1) is 23.4. The number of nitrogens with one attached hydrogen (secondary N) is 2. The van der Waals surface area contributed by atoms with E-state index >= 15 is 0 Å². The molecular weight excluding hydrogens is 451 g/mol. The van der Waals surface area contributed by atoms with Crippen molar-refractivity contribution in [1.29, 1.82) is 0 Å². The first-order chi connectivity index (χ1) is 16.4. The average molecular weight is 477 g/mol. The molecule has 0 radical (unpaired) electrons. The van der Waals surface area contributed by atoms with Gasteiger partial charge in [-0.1, -0.05) is 36.4 Å². The molecule has 2 heterocycles. The maximum Gasteiger partial charge on any atom is 0.262 e. The van der Waals surface area contributed by atoms with Crippen LogP contribution in [0.1, 0.15) is 39.5 Å². The molecule has 0 spiro atoms. The molecular formula is C26H25FN4O2S. The van der Waals surface area contributed by atoms with Gasteiger partial charge in [-0.15, -0.1) is 11.3 Å². The number of halogens is 1. The zero-order chi connectivity index (χ0) is 24.1. The molecule has 2 aromatic heterocycles. The van der Waals surface area contributed by atoms with Crippen LogP contribution in [-0.4, -0.2) is 27.6 Å². The van der Waals surface area contributed by atoms with Crippen molar-refractivity contribution in [2.75, 3.05) is 0 Å². The minimum absolute atomic E-state index is 0.279. The van der Waals surface area contributed by atoms with Crippen LogP contribution in [0, 0.1) is 12.7 Å². The van der Waals surface area contributed by atoms with E-state index in [1.807, 2.05) is 49.6 Å². The first-order valence-corrected chi connectivity index (χ1v) is 11.8. The minimum atomic E-state index is -0.744. The molecule has 0 aliphatic heterocycles. The van der Waals surface area contributed by atoms with Gasteiger partial charge in [-0.25, -0.2) is 9.07 Å². The van der Waals surface area contributed by atoms with Gasteiger partial charge in [-0.2, -0.15) is 5.10 Å². The van der Waals surface area contributed by atoms with Crippen LogP contribution in [0.2, 0.25) is 0 Å². The third-order valence-corrected chi connectivity index (χ3v) is 6.46. The summed E-state index contributed by atoms with van der Waals surface area (Å²) in [6, 6.07) is 18.1. The standard InChI is InChI=1S/C26H25FN4O2S/c1-17(22-16-28-31(18(22)2)21-12-10-20(27)11-13-21)29-25(32)23(15-19-7-4-3-5-8-19)30-26(33)24-9-6-14-34-24/h3-14,16-17,23H,15H2,1-2H3,(H,29,32)(H,30,33). The van der Waals surface area contributed by atoms with Gasteiger partial charge in [-0.05, 0) is 55.1 Å². The number of nitrogens with zero attached hydrogens (tertiary/aromatic N) is 2. The summed E-state index contributed by atoms with van der Waals surface area (Å²) in [5.74, 6) is -0.877. The van der Waals surface area contributed by atoms with E-state index in [-0.39, 0.29) is 23.7 Å². The highest BCUT2D eigenvalue weighted by Gasteiger charge is 2.25. The maximum absolute atomic E-state index is 13.3. The number of benzene rings is 2. The number of carbonyl (C=O) groups is 2. The van der Waals surface area contributed by atoms with Crippen LogP contribution in [0.3, 0.4) is 0 Å². The molecule has 0 saturated carbocycles. The molecule has 2 unspecified atom stereocenters. The van der Waals surface area contributed by atoms with Crippen LogP contribution in [0.15, 0.2) is 78.3 Å². The van der Waals surface area contributed by atoms with Gasteiger partial charge in [0.05, 0.1) is 22.8 Å².